The third-order valence-electron chi connectivity index (χ3n) is 2.62. The Balaban J connectivity index is 2.26. The maximum atomic E-state index is 5.99. The van der Waals surface area contributed by atoms with Crippen LogP contribution in [0.15, 0.2) is 54.7 Å². The van der Waals surface area contributed by atoms with Gasteiger partial charge < -0.3 is 4.57 Å². The maximum absolute atomic E-state index is 5.99. The lowest BCUT2D eigenvalue weighted by atomic mass is 10.2. The van der Waals surface area contributed by atoms with Gasteiger partial charge in [-0.1, -0.05) is 23.7 Å². The van der Waals surface area contributed by atoms with Crippen molar-refractivity contribution in [3.05, 3.63) is 65.8 Å². The number of aromatic nitrogens is 1. The molecule has 3 aromatic rings. The molecular weight excluding hydrogens is 218 g/mol. The van der Waals surface area contributed by atoms with Gasteiger partial charge in [-0.15, -0.1) is 0 Å². The fraction of sp³-hybridized carbons (Fsp3) is 0. The highest BCUT2D eigenvalue weighted by Gasteiger charge is 2.02. The van der Waals surface area contributed by atoms with Gasteiger partial charge in [-0.25, -0.2) is 0 Å². The Kier molecular flexibility index (Phi) is 2.19. The molecule has 0 aliphatic heterocycles. The summed E-state index contributed by atoms with van der Waals surface area (Å²) in [6, 6.07) is 18.9. The van der Waals surface area contributed by atoms with E-state index in [2.05, 4.69) is 22.8 Å². The zero-order chi connectivity index (χ0) is 11.0. The number of hydrogen-bond acceptors (Lipinski definition) is 0. The van der Waals surface area contributed by atoms with Gasteiger partial charge in [0.1, 0.15) is 0 Å². The first-order chi connectivity index (χ1) is 7.84. The summed E-state index contributed by atoms with van der Waals surface area (Å²) in [7, 11) is 0. The number of hydrogen-bond donors (Lipinski definition) is 0. The van der Waals surface area contributed by atoms with Crippen LogP contribution in [0.2, 0.25) is 5.02 Å². The molecule has 77 valence electrons. The molecule has 1 nitrogen and oxygen atoms in total. The van der Waals surface area contributed by atoms with Crippen molar-refractivity contribution in [1.82, 2.24) is 4.57 Å². The second kappa shape index (κ2) is 3.69. The fourth-order valence-electron chi connectivity index (χ4n) is 1.87. The summed E-state index contributed by atoms with van der Waals surface area (Å²) in [5.41, 5.74) is 2.25. The monoisotopic (exact) mass is 226 g/mol. The SMILES string of the molecule is Clc1cccc(-n2ccc3c[c]ccc32)c1. The smallest absolute Gasteiger partial charge is 0.0528 e. The first-order valence-electron chi connectivity index (χ1n) is 5.08. The normalized spacial score (nSPS) is 10.8. The van der Waals surface area contributed by atoms with Crippen molar-refractivity contribution in [1.29, 1.82) is 0 Å². The number of halogens is 1. The summed E-state index contributed by atoms with van der Waals surface area (Å²) in [5.74, 6) is 0. The molecular formula is C14H9ClN. The van der Waals surface area contributed by atoms with E-state index in [1.165, 1.54) is 10.9 Å². The van der Waals surface area contributed by atoms with E-state index in [0.29, 0.717) is 0 Å². The molecule has 0 fully saturated rings. The van der Waals surface area contributed by atoms with Gasteiger partial charge in [-0.2, -0.15) is 0 Å². The van der Waals surface area contributed by atoms with Crippen molar-refractivity contribution < 1.29 is 0 Å². The summed E-state index contributed by atoms with van der Waals surface area (Å²) in [5, 5.41) is 1.93. The van der Waals surface area contributed by atoms with Crippen LogP contribution in [-0.2, 0) is 0 Å². The Morgan fingerprint density at radius 1 is 1.12 bits per heavy atom. The van der Waals surface area contributed by atoms with E-state index >= 15 is 0 Å². The quantitative estimate of drug-likeness (QED) is 0.589. The molecule has 0 aliphatic carbocycles. The molecule has 0 aliphatic rings. The minimum atomic E-state index is 0.752. The largest absolute Gasteiger partial charge is 0.317 e. The Bertz CT molecular complexity index is 640. The van der Waals surface area contributed by atoms with Crippen LogP contribution in [0.25, 0.3) is 16.6 Å². The van der Waals surface area contributed by atoms with Gasteiger partial charge in [0.25, 0.3) is 0 Å². The highest BCUT2D eigenvalue weighted by atomic mass is 35.5. The topological polar surface area (TPSA) is 4.93 Å². The molecule has 2 heteroatoms. The molecule has 1 heterocycles. The molecule has 1 radical (unpaired) electrons. The molecule has 0 unspecified atom stereocenters. The van der Waals surface area contributed by atoms with E-state index in [-0.39, 0.29) is 0 Å². The molecule has 0 saturated carbocycles. The van der Waals surface area contributed by atoms with Gasteiger partial charge in [-0.3, -0.25) is 0 Å². The zero-order valence-corrected chi connectivity index (χ0v) is 9.28. The van der Waals surface area contributed by atoms with Crippen molar-refractivity contribution in [2.45, 2.75) is 0 Å². The lowest BCUT2D eigenvalue weighted by molar-refractivity contribution is 1.13. The number of rotatable bonds is 1. The van der Waals surface area contributed by atoms with Crippen LogP contribution in [0.4, 0.5) is 0 Å². The van der Waals surface area contributed by atoms with Gasteiger partial charge in [0.15, 0.2) is 0 Å². The predicted molar refractivity (Wildman–Crippen MR) is 67.1 cm³/mol. The summed E-state index contributed by atoms with van der Waals surface area (Å²) in [6.07, 6.45) is 2.05. The summed E-state index contributed by atoms with van der Waals surface area (Å²) in [4.78, 5) is 0. The average molecular weight is 227 g/mol. The fourth-order valence-corrected chi connectivity index (χ4v) is 2.06. The van der Waals surface area contributed by atoms with E-state index in [0.717, 1.165) is 10.7 Å². The van der Waals surface area contributed by atoms with Gasteiger partial charge >= 0.3 is 0 Å². The summed E-state index contributed by atoms with van der Waals surface area (Å²) >= 11 is 5.99. The van der Waals surface area contributed by atoms with Crippen molar-refractivity contribution in [3.8, 4) is 5.69 Å². The Hall–Kier alpha value is -1.73. The number of nitrogens with zero attached hydrogens (tertiary/aromatic N) is 1. The van der Waals surface area contributed by atoms with Gasteiger partial charge in [0, 0.05) is 22.3 Å². The highest BCUT2D eigenvalue weighted by Crippen LogP contribution is 2.21. The van der Waals surface area contributed by atoms with Crippen LogP contribution in [0, 0.1) is 6.07 Å². The standard InChI is InChI=1S/C14H9ClN/c15-12-5-3-6-13(10-12)16-9-8-11-4-1-2-7-14(11)16/h2-10H. The van der Waals surface area contributed by atoms with Crippen molar-refractivity contribution >= 4 is 22.5 Å². The minimum absolute atomic E-state index is 0.752. The van der Waals surface area contributed by atoms with E-state index in [4.69, 9.17) is 11.6 Å². The Morgan fingerprint density at radius 2 is 2.06 bits per heavy atom. The first kappa shape index (κ1) is 9.49. The van der Waals surface area contributed by atoms with Crippen LogP contribution in [-0.4, -0.2) is 4.57 Å². The van der Waals surface area contributed by atoms with Crippen LogP contribution >= 0.6 is 11.6 Å². The highest BCUT2D eigenvalue weighted by molar-refractivity contribution is 6.30. The van der Waals surface area contributed by atoms with E-state index in [1.54, 1.807) is 0 Å². The lowest BCUT2D eigenvalue weighted by Gasteiger charge is -2.05. The first-order valence-corrected chi connectivity index (χ1v) is 5.45. The maximum Gasteiger partial charge on any atom is 0.0528 e. The van der Waals surface area contributed by atoms with Crippen LogP contribution in [0.5, 0.6) is 0 Å². The third kappa shape index (κ3) is 1.50. The summed E-state index contributed by atoms with van der Waals surface area (Å²) in [6.45, 7) is 0. The number of fused-ring (bicyclic) bond motifs is 1. The van der Waals surface area contributed by atoms with Gasteiger partial charge in [0.05, 0.1) is 5.52 Å². The van der Waals surface area contributed by atoms with E-state index in [9.17, 15) is 0 Å². The minimum Gasteiger partial charge on any atom is -0.317 e. The van der Waals surface area contributed by atoms with Crippen molar-refractivity contribution in [2.75, 3.05) is 0 Å². The zero-order valence-electron chi connectivity index (χ0n) is 8.52. The second-order valence-electron chi connectivity index (χ2n) is 3.65. The molecule has 0 saturated heterocycles. The Morgan fingerprint density at radius 3 is 2.94 bits per heavy atom. The Labute approximate surface area is 98.9 Å². The molecule has 2 aromatic carbocycles. The van der Waals surface area contributed by atoms with E-state index in [1.807, 2.05) is 42.6 Å². The molecule has 3 rings (SSSR count). The second-order valence-corrected chi connectivity index (χ2v) is 4.09. The number of benzene rings is 2. The molecule has 16 heavy (non-hydrogen) atoms. The van der Waals surface area contributed by atoms with Crippen LogP contribution in [0.3, 0.4) is 0 Å². The predicted octanol–water partition coefficient (Wildman–Crippen LogP) is 4.08. The molecule has 0 spiro atoms. The lowest BCUT2D eigenvalue weighted by Crippen LogP contribution is -1.90. The van der Waals surface area contributed by atoms with E-state index < -0.39 is 0 Å². The molecule has 0 atom stereocenters. The molecule has 0 bridgehead atoms. The van der Waals surface area contributed by atoms with Crippen molar-refractivity contribution in [3.63, 3.8) is 0 Å². The van der Waals surface area contributed by atoms with Crippen molar-refractivity contribution in [2.24, 2.45) is 0 Å². The molecule has 0 N–H and O–H groups in total. The molecule has 0 amide bonds. The van der Waals surface area contributed by atoms with Crippen LogP contribution in [0.1, 0.15) is 0 Å². The molecule has 1 aromatic heterocycles. The average Bonchev–Trinajstić information content (AvgIpc) is 2.72. The summed E-state index contributed by atoms with van der Waals surface area (Å²) < 4.78 is 2.12. The van der Waals surface area contributed by atoms with Gasteiger partial charge in [-0.05, 0) is 42.5 Å². The van der Waals surface area contributed by atoms with Gasteiger partial charge in [0.2, 0.25) is 0 Å². The van der Waals surface area contributed by atoms with Crippen LogP contribution < -0.4 is 0 Å². The third-order valence-corrected chi connectivity index (χ3v) is 2.86.